The molecule has 92 heavy (non-hydrogen) atoms. The number of ketones is 2. The molecule has 18 atom stereocenters. The molecule has 3 aliphatic heterocycles. The molecule has 0 bridgehead atoms. The first-order valence-electron chi connectivity index (χ1n) is 32.5. The Balaban J connectivity index is 1.36. The molecule has 0 radical (unpaired) electrons. The molecule has 4 fully saturated rings. The minimum Gasteiger partial charge on any atom is -0.394 e. The van der Waals surface area contributed by atoms with Crippen LogP contribution >= 0.6 is 0 Å². The van der Waals surface area contributed by atoms with E-state index in [9.17, 15) is 89.4 Å². The Kier molecular flexibility index (Phi) is 36.6. The molecule has 6 amide bonds. The van der Waals surface area contributed by atoms with Gasteiger partial charge in [0.15, 0.2) is 18.9 Å². The van der Waals surface area contributed by atoms with E-state index in [2.05, 4.69) is 31.9 Å². The summed E-state index contributed by atoms with van der Waals surface area (Å²) in [6.07, 6.45) is -13.5. The van der Waals surface area contributed by atoms with Crippen molar-refractivity contribution in [3.63, 3.8) is 0 Å². The molecule has 16 N–H and O–H groups in total. The quantitative estimate of drug-likeness (QED) is 0.0259. The number of methoxy groups -OCH3 is 1. The molecule has 0 aromatic heterocycles. The number of Topliss-reactive ketones (excluding diaryl/α,β-unsaturated/α-hetero) is 2. The first-order valence-corrected chi connectivity index (χ1v) is 32.5. The number of rotatable bonds is 44. The molecule has 1 saturated carbocycles. The van der Waals surface area contributed by atoms with E-state index in [0.29, 0.717) is 25.9 Å². The molecule has 31 nitrogen and oxygen atoms in total. The maximum Gasteiger partial charge on any atom is 0.222 e. The minimum absolute atomic E-state index is 0.00972. The fraction of sp³-hybridized carbons (Fsp3) is 0.869. The number of ether oxygens (including phenoxy) is 7. The molecule has 1 aliphatic carbocycles. The number of carbonyl (C=O) groups excluding carboxylic acids is 8. The SMILES string of the molecule is COC[C@@H]1C[C@@H](O)CC1C(=O)CCCC(=O)NC(CCC(=O)CCCNC(=O)CCO[C@@H]1OC(CO)[C@H](O)[C@H](O)C1C)(CCC(=O)NCCCNC(=O)CCO[C@@H]1OC(CO)[C@H](O)[C@H](O)C1C)CCC(=O)NCCCNC(=O)CCO[C@@H]1OC(CO)[C@H](O)[C@H](O)C1C. The molecule has 3 heterocycles. The second-order valence-corrected chi connectivity index (χ2v) is 24.8. The van der Waals surface area contributed by atoms with Crippen LogP contribution in [0.2, 0.25) is 0 Å². The zero-order chi connectivity index (χ0) is 67.9. The average molecular weight is 1320 g/mol. The summed E-state index contributed by atoms with van der Waals surface area (Å²) in [6, 6.07) is 0. The van der Waals surface area contributed by atoms with Crippen molar-refractivity contribution >= 4 is 47.0 Å². The van der Waals surface area contributed by atoms with Crippen molar-refractivity contribution in [3.8, 4) is 0 Å². The topological polar surface area (TPSA) is 476 Å². The van der Waals surface area contributed by atoms with Crippen LogP contribution in [-0.2, 0) is 71.5 Å². The van der Waals surface area contributed by atoms with E-state index in [0.717, 1.165) is 0 Å². The standard InChI is InChI=1S/C61H106N6O25/c1-35-52(80)55(83)43(31-68)90-58(35)87-26-15-48(76)62-21-6-9-39(71)12-18-61(67-51(79)11-5-10-42(73)41-30-40(72)29-38(41)34-86-4,19-13-46(74)63-22-7-24-65-49(77)16-27-88-59-36(2)53(81)56(84)44(32-69)91-59)20-14-47(75)64-23-8-25-66-50(78)17-28-89-60-37(3)54(82)57(85)45(33-70)92-60/h35-38,40-41,43-45,52-60,68-70,72,80-85H,5-34H2,1-4H3,(H,62,76)(H,63,74)(H,64,75)(H,65,77)(H,66,78)(H,67,79)/t35?,36?,37?,38-,40+,41?,43?,44?,45?,52+,53+,54+,55-,56-,57-,58+,59+,60+,61?/m0/s1. The van der Waals surface area contributed by atoms with Crippen molar-refractivity contribution in [2.75, 3.05) is 86.1 Å². The largest absolute Gasteiger partial charge is 0.394 e. The normalized spacial score (nSPS) is 30.4. The van der Waals surface area contributed by atoms with Crippen LogP contribution in [0.4, 0.5) is 0 Å². The van der Waals surface area contributed by atoms with Crippen LogP contribution in [-0.4, -0.2) is 270 Å². The van der Waals surface area contributed by atoms with Crippen molar-refractivity contribution in [1.29, 1.82) is 0 Å². The van der Waals surface area contributed by atoms with Crippen LogP contribution in [0.5, 0.6) is 0 Å². The molecule has 530 valence electrons. The Morgan fingerprint density at radius 2 is 0.804 bits per heavy atom. The first-order chi connectivity index (χ1) is 43.9. The second kappa shape index (κ2) is 42.1. The molecule has 4 rings (SSSR count). The number of aliphatic hydroxyl groups is 10. The highest BCUT2D eigenvalue weighted by Gasteiger charge is 2.45. The van der Waals surface area contributed by atoms with E-state index in [1.54, 1.807) is 20.8 Å². The highest BCUT2D eigenvalue weighted by Crippen LogP contribution is 2.35. The predicted molar refractivity (Wildman–Crippen MR) is 323 cm³/mol. The molecule has 4 aliphatic rings. The maximum absolute atomic E-state index is 14.0. The van der Waals surface area contributed by atoms with Crippen LogP contribution < -0.4 is 31.9 Å². The zero-order valence-corrected chi connectivity index (χ0v) is 53.7. The van der Waals surface area contributed by atoms with Gasteiger partial charge in [-0.3, -0.25) is 38.4 Å². The fourth-order valence-corrected chi connectivity index (χ4v) is 11.7. The summed E-state index contributed by atoms with van der Waals surface area (Å²) in [7, 11) is 1.52. The van der Waals surface area contributed by atoms with Gasteiger partial charge in [-0.05, 0) is 63.7 Å². The van der Waals surface area contributed by atoms with Crippen molar-refractivity contribution in [3.05, 3.63) is 0 Å². The first kappa shape index (κ1) is 79.9. The molecule has 0 aromatic rings. The lowest BCUT2D eigenvalue weighted by Crippen LogP contribution is -2.55. The van der Waals surface area contributed by atoms with Crippen LogP contribution in [0.3, 0.4) is 0 Å². The van der Waals surface area contributed by atoms with Crippen LogP contribution in [0.1, 0.15) is 136 Å². The number of hydrogen-bond donors (Lipinski definition) is 16. The number of hydrogen-bond acceptors (Lipinski definition) is 25. The summed E-state index contributed by atoms with van der Waals surface area (Å²) >= 11 is 0. The fourth-order valence-electron chi connectivity index (χ4n) is 11.7. The minimum atomic E-state index is -1.33. The van der Waals surface area contributed by atoms with E-state index in [4.69, 9.17) is 33.2 Å². The zero-order valence-electron chi connectivity index (χ0n) is 53.7. The number of carbonyl (C=O) groups is 8. The monoisotopic (exact) mass is 1320 g/mol. The lowest BCUT2D eigenvalue weighted by molar-refractivity contribution is -0.282. The number of aliphatic hydroxyl groups excluding tert-OH is 10. The molecule has 0 spiro atoms. The van der Waals surface area contributed by atoms with Crippen molar-refractivity contribution in [1.82, 2.24) is 31.9 Å². The number of nitrogens with one attached hydrogen (secondary N) is 6. The lowest BCUT2D eigenvalue weighted by atomic mass is 9.82. The summed E-state index contributed by atoms with van der Waals surface area (Å²) in [6.45, 7) is 3.88. The molecule has 0 aromatic carbocycles. The third kappa shape index (κ3) is 26.9. The van der Waals surface area contributed by atoms with Gasteiger partial charge in [0, 0.05) is 114 Å². The maximum atomic E-state index is 14.0. The van der Waals surface area contributed by atoms with Gasteiger partial charge >= 0.3 is 0 Å². The Labute approximate surface area is 537 Å². The van der Waals surface area contributed by atoms with Gasteiger partial charge in [0.1, 0.15) is 48.2 Å². The van der Waals surface area contributed by atoms with Gasteiger partial charge in [0.2, 0.25) is 35.4 Å². The Morgan fingerprint density at radius 3 is 1.18 bits per heavy atom. The van der Waals surface area contributed by atoms with Gasteiger partial charge in [-0.1, -0.05) is 20.8 Å². The summed E-state index contributed by atoms with van der Waals surface area (Å²) < 4.78 is 38.8. The van der Waals surface area contributed by atoms with Gasteiger partial charge in [0.05, 0.1) is 83.3 Å². The smallest absolute Gasteiger partial charge is 0.222 e. The highest BCUT2D eigenvalue weighted by molar-refractivity contribution is 5.84. The van der Waals surface area contributed by atoms with Gasteiger partial charge < -0.3 is 116 Å². The second-order valence-electron chi connectivity index (χ2n) is 24.8. The van der Waals surface area contributed by atoms with Crippen LogP contribution in [0.15, 0.2) is 0 Å². The molecular weight excluding hydrogens is 1220 g/mol. The van der Waals surface area contributed by atoms with Crippen LogP contribution in [0, 0.1) is 29.6 Å². The third-order valence-corrected chi connectivity index (χ3v) is 17.6. The van der Waals surface area contributed by atoms with Crippen LogP contribution in [0.25, 0.3) is 0 Å². The Hall–Kier alpha value is -4.52. The summed E-state index contributed by atoms with van der Waals surface area (Å²) in [5.41, 5.74) is -1.33. The van der Waals surface area contributed by atoms with E-state index in [1.165, 1.54) is 7.11 Å². The van der Waals surface area contributed by atoms with E-state index in [-0.39, 0.29) is 178 Å². The molecular formula is C61H106N6O25. The summed E-state index contributed by atoms with van der Waals surface area (Å²) in [5, 5.41) is 117. The predicted octanol–water partition coefficient (Wildman–Crippen LogP) is -3.89. The Bertz CT molecular complexity index is 2170. The average Bonchev–Trinajstić information content (AvgIpc) is 1.22. The molecule has 7 unspecified atom stereocenters. The molecule has 31 heteroatoms. The third-order valence-electron chi connectivity index (χ3n) is 17.6. The van der Waals surface area contributed by atoms with Gasteiger partial charge in [-0.15, -0.1) is 0 Å². The van der Waals surface area contributed by atoms with Gasteiger partial charge in [-0.2, -0.15) is 0 Å². The summed E-state index contributed by atoms with van der Waals surface area (Å²) in [4.78, 5) is 106. The number of amides is 6. The Morgan fingerprint density at radius 1 is 0.435 bits per heavy atom. The van der Waals surface area contributed by atoms with Crippen molar-refractivity contribution in [2.45, 2.75) is 222 Å². The van der Waals surface area contributed by atoms with E-state index in [1.807, 2.05) is 0 Å². The molecule has 3 saturated heterocycles. The van der Waals surface area contributed by atoms with Crippen molar-refractivity contribution < 1.29 is 123 Å². The van der Waals surface area contributed by atoms with E-state index < -0.39 is 153 Å². The lowest BCUT2D eigenvalue weighted by Gasteiger charge is -2.40. The van der Waals surface area contributed by atoms with E-state index >= 15 is 0 Å². The summed E-state index contributed by atoms with van der Waals surface area (Å²) in [5.74, 6) is -5.41. The van der Waals surface area contributed by atoms with Crippen molar-refractivity contribution in [2.24, 2.45) is 29.6 Å². The highest BCUT2D eigenvalue weighted by atomic mass is 16.7. The van der Waals surface area contributed by atoms with Gasteiger partial charge in [0.25, 0.3) is 0 Å². The van der Waals surface area contributed by atoms with Gasteiger partial charge in [-0.25, -0.2) is 0 Å².